The van der Waals surface area contributed by atoms with Crippen molar-refractivity contribution in [3.63, 3.8) is 0 Å². The van der Waals surface area contributed by atoms with Gasteiger partial charge in [0.15, 0.2) is 0 Å². The van der Waals surface area contributed by atoms with Crippen LogP contribution in [0.15, 0.2) is 60.7 Å². The van der Waals surface area contributed by atoms with Gasteiger partial charge in [0.25, 0.3) is 0 Å². The fourth-order valence-corrected chi connectivity index (χ4v) is 5.28. The average Bonchev–Trinajstić information content (AvgIpc) is 3.30. The van der Waals surface area contributed by atoms with E-state index in [1.807, 2.05) is 0 Å². The van der Waals surface area contributed by atoms with E-state index < -0.39 is 23.7 Å². The van der Waals surface area contributed by atoms with Crippen LogP contribution in [0.1, 0.15) is 51.7 Å². The fourth-order valence-electron chi connectivity index (χ4n) is 5.28. The SMILES string of the molecule is CC1(C)O[B-]2(OC(c3ccccc3)(c3ccccc3)[C@@H]3CCCN32)OC1(C)C. The molecular weight excluding hydrogens is 349 g/mol. The van der Waals surface area contributed by atoms with Crippen LogP contribution >= 0.6 is 0 Å². The number of hydrogen-bond donors (Lipinski definition) is 0. The van der Waals surface area contributed by atoms with E-state index in [4.69, 9.17) is 14.0 Å². The lowest BCUT2D eigenvalue weighted by Crippen LogP contribution is -2.54. The Labute approximate surface area is 167 Å². The van der Waals surface area contributed by atoms with Gasteiger partial charge in [0.05, 0.1) is 5.60 Å². The van der Waals surface area contributed by atoms with Gasteiger partial charge in [0, 0.05) is 17.2 Å². The highest BCUT2D eigenvalue weighted by molar-refractivity contribution is 6.59. The Hall–Kier alpha value is -1.66. The molecule has 5 heteroatoms. The molecule has 0 amide bonds. The van der Waals surface area contributed by atoms with Crippen LogP contribution in [0.3, 0.4) is 0 Å². The van der Waals surface area contributed by atoms with E-state index in [9.17, 15) is 0 Å². The summed E-state index contributed by atoms with van der Waals surface area (Å²) in [6.07, 6.45) is 2.17. The molecule has 2 aromatic rings. The Morgan fingerprint density at radius 3 is 1.79 bits per heavy atom. The summed E-state index contributed by atoms with van der Waals surface area (Å²) in [4.78, 5) is 2.37. The maximum atomic E-state index is 7.05. The van der Waals surface area contributed by atoms with Crippen LogP contribution < -0.4 is 0 Å². The average molecular weight is 378 g/mol. The van der Waals surface area contributed by atoms with E-state index in [-0.39, 0.29) is 6.04 Å². The summed E-state index contributed by atoms with van der Waals surface area (Å²) in [5.74, 6) is 0. The lowest BCUT2D eigenvalue weighted by atomic mass is 9.79. The molecule has 3 heterocycles. The molecule has 5 rings (SSSR count). The van der Waals surface area contributed by atoms with Crippen molar-refractivity contribution in [1.82, 2.24) is 4.81 Å². The third kappa shape index (κ3) is 2.34. The van der Waals surface area contributed by atoms with Crippen molar-refractivity contribution >= 4 is 6.89 Å². The summed E-state index contributed by atoms with van der Waals surface area (Å²) in [7, 11) is 0. The quantitative estimate of drug-likeness (QED) is 0.722. The molecule has 0 aliphatic carbocycles. The highest BCUT2D eigenvalue weighted by Crippen LogP contribution is 2.57. The Balaban J connectivity index is 1.71. The normalized spacial score (nSPS) is 29.2. The van der Waals surface area contributed by atoms with Gasteiger partial charge >= 0.3 is 6.89 Å². The molecule has 0 saturated carbocycles. The first-order chi connectivity index (χ1) is 13.3. The van der Waals surface area contributed by atoms with Crippen molar-refractivity contribution in [1.29, 1.82) is 0 Å². The number of fused-ring (bicyclic) bond motifs is 2. The summed E-state index contributed by atoms with van der Waals surface area (Å²) < 4.78 is 20.4. The minimum atomic E-state index is -2.01. The van der Waals surface area contributed by atoms with Crippen molar-refractivity contribution in [2.45, 2.75) is 63.4 Å². The Morgan fingerprint density at radius 2 is 1.29 bits per heavy atom. The molecule has 0 bridgehead atoms. The van der Waals surface area contributed by atoms with Gasteiger partial charge in [-0.3, -0.25) is 0 Å². The Kier molecular flexibility index (Phi) is 3.89. The molecule has 1 spiro atoms. The smallest absolute Gasteiger partial charge is 0.465 e. The summed E-state index contributed by atoms with van der Waals surface area (Å²) >= 11 is 0. The van der Waals surface area contributed by atoms with Gasteiger partial charge < -0.3 is 18.8 Å². The van der Waals surface area contributed by atoms with Crippen LogP contribution in [0, 0.1) is 0 Å². The van der Waals surface area contributed by atoms with Crippen LogP contribution in [-0.4, -0.2) is 35.5 Å². The maximum absolute atomic E-state index is 7.05. The predicted molar refractivity (Wildman–Crippen MR) is 111 cm³/mol. The maximum Gasteiger partial charge on any atom is 0.465 e. The number of hydrogen-bond acceptors (Lipinski definition) is 4. The van der Waals surface area contributed by atoms with Crippen LogP contribution in [0.25, 0.3) is 0 Å². The van der Waals surface area contributed by atoms with Crippen LogP contribution in [0.2, 0.25) is 0 Å². The molecule has 0 radical (unpaired) electrons. The zero-order valence-corrected chi connectivity index (χ0v) is 17.2. The van der Waals surface area contributed by atoms with E-state index in [1.54, 1.807) is 0 Å². The summed E-state index contributed by atoms with van der Waals surface area (Å²) in [6, 6.07) is 21.3. The molecule has 148 valence electrons. The summed E-state index contributed by atoms with van der Waals surface area (Å²) in [5, 5.41) is 0. The summed E-state index contributed by atoms with van der Waals surface area (Å²) in [6.45, 7) is 7.32. The minimum Gasteiger partial charge on any atom is -0.523 e. The number of rotatable bonds is 2. The first-order valence-corrected chi connectivity index (χ1v) is 10.4. The molecule has 3 aliphatic rings. The monoisotopic (exact) mass is 378 g/mol. The predicted octanol–water partition coefficient (Wildman–Crippen LogP) is 4.46. The first kappa shape index (κ1) is 18.4. The van der Waals surface area contributed by atoms with Gasteiger partial charge in [-0.15, -0.1) is 0 Å². The first-order valence-electron chi connectivity index (χ1n) is 10.4. The lowest BCUT2D eigenvalue weighted by molar-refractivity contribution is 0.00578. The highest BCUT2D eigenvalue weighted by atomic mass is 16.8. The van der Waals surface area contributed by atoms with E-state index in [0.717, 1.165) is 30.5 Å². The molecule has 0 unspecified atom stereocenters. The Morgan fingerprint density at radius 1 is 0.786 bits per heavy atom. The minimum absolute atomic E-state index is 0.182. The molecule has 0 aromatic heterocycles. The largest absolute Gasteiger partial charge is 0.523 e. The van der Waals surface area contributed by atoms with Crippen molar-refractivity contribution in [3.05, 3.63) is 71.8 Å². The standard InChI is InChI=1S/C23H29BNO3/c1-21(2)22(3,4)27-24(26-21)25-17-11-16-20(25)23(28-24,18-12-7-5-8-13-18)19-14-9-6-10-15-19/h5-10,12-15,20H,11,16-17H2,1-4H3/q-1/t20-/m0/s1. The topological polar surface area (TPSA) is 30.9 Å². The molecule has 3 saturated heterocycles. The van der Waals surface area contributed by atoms with E-state index in [2.05, 4.69) is 93.2 Å². The molecule has 1 atom stereocenters. The zero-order valence-electron chi connectivity index (χ0n) is 17.2. The van der Waals surface area contributed by atoms with Crippen molar-refractivity contribution < 1.29 is 14.0 Å². The van der Waals surface area contributed by atoms with Gasteiger partial charge in [-0.2, -0.15) is 0 Å². The van der Waals surface area contributed by atoms with Crippen LogP contribution in [-0.2, 0) is 19.6 Å². The molecular formula is C23H29BNO3-. The fraction of sp³-hybridized carbons (Fsp3) is 0.478. The number of benzene rings is 2. The van der Waals surface area contributed by atoms with Gasteiger partial charge in [-0.25, -0.2) is 0 Å². The van der Waals surface area contributed by atoms with Crippen molar-refractivity contribution in [2.24, 2.45) is 0 Å². The van der Waals surface area contributed by atoms with Gasteiger partial charge in [0.2, 0.25) is 0 Å². The van der Waals surface area contributed by atoms with Crippen molar-refractivity contribution in [2.75, 3.05) is 6.54 Å². The van der Waals surface area contributed by atoms with E-state index in [0.29, 0.717) is 0 Å². The number of nitrogens with zero attached hydrogens (tertiary/aromatic N) is 1. The van der Waals surface area contributed by atoms with Gasteiger partial charge in [0.1, 0.15) is 0 Å². The third-order valence-corrected chi connectivity index (χ3v) is 7.25. The summed E-state index contributed by atoms with van der Waals surface area (Å²) in [5.41, 5.74) is 0.834. The van der Waals surface area contributed by atoms with Gasteiger partial charge in [-0.05, 0) is 58.2 Å². The third-order valence-electron chi connectivity index (χ3n) is 7.25. The molecule has 3 aliphatic heterocycles. The second-order valence-electron chi connectivity index (χ2n) is 9.34. The van der Waals surface area contributed by atoms with Crippen LogP contribution in [0.5, 0.6) is 0 Å². The highest BCUT2D eigenvalue weighted by Gasteiger charge is 2.67. The zero-order chi connectivity index (χ0) is 19.6. The molecule has 3 fully saturated rings. The molecule has 28 heavy (non-hydrogen) atoms. The lowest BCUT2D eigenvalue weighted by Gasteiger charge is -2.41. The molecule has 0 N–H and O–H groups in total. The van der Waals surface area contributed by atoms with E-state index >= 15 is 0 Å². The molecule has 4 nitrogen and oxygen atoms in total. The van der Waals surface area contributed by atoms with Crippen LogP contribution in [0.4, 0.5) is 0 Å². The molecule has 2 aromatic carbocycles. The van der Waals surface area contributed by atoms with Gasteiger partial charge in [-0.1, -0.05) is 60.7 Å². The second kappa shape index (κ2) is 5.93. The Bertz CT molecular complexity index is 812. The van der Waals surface area contributed by atoms with E-state index in [1.165, 1.54) is 0 Å². The van der Waals surface area contributed by atoms with Crippen molar-refractivity contribution in [3.8, 4) is 0 Å². The second-order valence-corrected chi connectivity index (χ2v) is 9.34.